The summed E-state index contributed by atoms with van der Waals surface area (Å²) < 4.78 is 0. The van der Waals surface area contributed by atoms with Gasteiger partial charge < -0.3 is 0 Å². The Morgan fingerprint density at radius 1 is 0.270 bits per heavy atom. The summed E-state index contributed by atoms with van der Waals surface area (Å²) in [5, 5.41) is 0. The van der Waals surface area contributed by atoms with Crippen LogP contribution in [0.25, 0.3) is 45.6 Å². The van der Waals surface area contributed by atoms with Crippen molar-refractivity contribution in [3.05, 3.63) is 134 Å². The van der Waals surface area contributed by atoms with Gasteiger partial charge in [0.2, 0.25) is 0 Å². The fourth-order valence-corrected chi connectivity index (χ4v) is 3.50. The van der Waals surface area contributed by atoms with Crippen LogP contribution in [0, 0.1) is 0 Å². The second-order valence-electron chi connectivity index (χ2n) is 7.68. The Balaban J connectivity index is 0.000000168. The maximum Gasteiger partial charge on any atom is 2.00 e. The van der Waals surface area contributed by atoms with Crippen LogP contribution in [0.5, 0.6) is 0 Å². The topological polar surface area (TPSA) is 77.3 Å². The Hall–Kier alpha value is -4.39. The molecule has 0 bridgehead atoms. The molecule has 0 amide bonds. The van der Waals surface area contributed by atoms with Gasteiger partial charge in [-0.05, 0) is 72.8 Å². The van der Waals surface area contributed by atoms with Crippen LogP contribution in [0.2, 0.25) is 0 Å². The molecule has 0 unspecified atom stereocenters. The fourth-order valence-electron chi connectivity index (χ4n) is 3.50. The predicted molar refractivity (Wildman–Crippen MR) is 141 cm³/mol. The van der Waals surface area contributed by atoms with Crippen LogP contribution in [0.3, 0.4) is 0 Å². The van der Waals surface area contributed by atoms with Gasteiger partial charge in [0.15, 0.2) is 0 Å². The average molecular weight is 514 g/mol. The molecule has 6 aromatic heterocycles. The summed E-state index contributed by atoms with van der Waals surface area (Å²) in [7, 11) is 0. The molecule has 0 saturated carbocycles. The molecule has 0 aliphatic carbocycles. The molecule has 6 aromatic rings. The molecule has 0 spiro atoms. The number of rotatable bonds is 4. The van der Waals surface area contributed by atoms with Gasteiger partial charge in [0, 0.05) is 24.8 Å². The third kappa shape index (κ3) is 6.85. The average Bonchev–Trinajstić information content (AvgIpc) is 2.99. The zero-order valence-electron chi connectivity index (χ0n) is 19.9. The van der Waals surface area contributed by atoms with Gasteiger partial charge in [-0.1, -0.05) is 36.4 Å². The quantitative estimate of drug-likeness (QED) is 0.253. The Bertz CT molecular complexity index is 1290. The SMILES string of the molecule is [Ti+2].c1ccc(-c2cccc(-c3ccccn3)n2)nc1.c1ccc(-c2cccc(-c3ccccn3)n2)nc1. The standard InChI is InChI=1S/2C15H11N3.Ti/c2*1-3-10-16-12(6-1)14-8-5-9-15(18-14)13-7-2-4-11-17-13;/h2*1-11H;/q;;+2. The largest absolute Gasteiger partial charge is 2.00 e. The van der Waals surface area contributed by atoms with Gasteiger partial charge in [-0.3, -0.25) is 19.9 Å². The molecule has 0 aromatic carbocycles. The normalized spacial score (nSPS) is 9.95. The number of pyridine rings is 6. The van der Waals surface area contributed by atoms with Gasteiger partial charge in [-0.2, -0.15) is 0 Å². The van der Waals surface area contributed by atoms with Gasteiger partial charge >= 0.3 is 21.7 Å². The van der Waals surface area contributed by atoms with E-state index < -0.39 is 0 Å². The first kappa shape index (κ1) is 25.7. The first-order valence-electron chi connectivity index (χ1n) is 11.5. The summed E-state index contributed by atoms with van der Waals surface area (Å²) in [4.78, 5) is 26.4. The van der Waals surface area contributed by atoms with Crippen molar-refractivity contribution in [2.75, 3.05) is 0 Å². The third-order valence-corrected chi connectivity index (χ3v) is 5.21. The molecule has 0 atom stereocenters. The molecule has 0 aliphatic heterocycles. The predicted octanol–water partition coefficient (Wildman–Crippen LogP) is 6.41. The Morgan fingerprint density at radius 2 is 0.514 bits per heavy atom. The van der Waals surface area contributed by atoms with Crippen LogP contribution >= 0.6 is 0 Å². The van der Waals surface area contributed by atoms with Crippen LogP contribution in [-0.2, 0) is 21.7 Å². The maximum atomic E-state index is 4.59. The number of hydrogen-bond donors (Lipinski definition) is 0. The van der Waals surface area contributed by atoms with E-state index in [2.05, 4.69) is 29.9 Å². The third-order valence-electron chi connectivity index (χ3n) is 5.21. The van der Waals surface area contributed by atoms with Crippen molar-refractivity contribution in [3.63, 3.8) is 0 Å². The zero-order chi connectivity index (χ0) is 24.4. The van der Waals surface area contributed by atoms with E-state index in [0.29, 0.717) is 0 Å². The number of nitrogens with zero attached hydrogens (tertiary/aromatic N) is 6. The summed E-state index contributed by atoms with van der Waals surface area (Å²) in [5.41, 5.74) is 6.92. The minimum Gasteiger partial charge on any atom is -0.255 e. The minimum atomic E-state index is 0. The van der Waals surface area contributed by atoms with E-state index in [1.54, 1.807) is 24.8 Å². The van der Waals surface area contributed by atoms with Crippen molar-refractivity contribution in [3.8, 4) is 45.6 Å². The van der Waals surface area contributed by atoms with E-state index in [0.717, 1.165) is 45.6 Å². The van der Waals surface area contributed by atoms with Gasteiger partial charge in [0.25, 0.3) is 0 Å². The van der Waals surface area contributed by atoms with Crippen molar-refractivity contribution in [2.45, 2.75) is 0 Å². The Kier molecular flexibility index (Phi) is 9.08. The van der Waals surface area contributed by atoms with E-state index in [9.17, 15) is 0 Å². The van der Waals surface area contributed by atoms with Gasteiger partial charge in [-0.15, -0.1) is 0 Å². The van der Waals surface area contributed by atoms with E-state index >= 15 is 0 Å². The van der Waals surface area contributed by atoms with Crippen molar-refractivity contribution in [2.24, 2.45) is 0 Å². The van der Waals surface area contributed by atoms with Crippen LogP contribution in [-0.4, -0.2) is 29.9 Å². The van der Waals surface area contributed by atoms with Crippen LogP contribution < -0.4 is 0 Å². The number of hydrogen-bond acceptors (Lipinski definition) is 6. The fraction of sp³-hybridized carbons (Fsp3) is 0. The molecule has 6 rings (SSSR count). The van der Waals surface area contributed by atoms with Gasteiger partial charge in [0.05, 0.1) is 45.6 Å². The zero-order valence-corrected chi connectivity index (χ0v) is 21.4. The Labute approximate surface area is 230 Å². The molecule has 0 N–H and O–H groups in total. The van der Waals surface area contributed by atoms with Crippen molar-refractivity contribution in [1.29, 1.82) is 0 Å². The Morgan fingerprint density at radius 3 is 0.730 bits per heavy atom. The summed E-state index contributed by atoms with van der Waals surface area (Å²) in [6, 6.07) is 35.0. The van der Waals surface area contributed by atoms with Gasteiger partial charge in [0.1, 0.15) is 0 Å². The summed E-state index contributed by atoms with van der Waals surface area (Å²) in [6.45, 7) is 0. The monoisotopic (exact) mass is 514 g/mol. The molecule has 0 aliphatic rings. The molecular weight excluding hydrogens is 492 g/mol. The molecule has 7 heteroatoms. The molecular formula is C30H22N6Ti+2. The first-order chi connectivity index (χ1) is 17.9. The van der Waals surface area contributed by atoms with Gasteiger partial charge in [-0.25, -0.2) is 9.97 Å². The molecule has 0 saturated heterocycles. The van der Waals surface area contributed by atoms with E-state index in [-0.39, 0.29) is 21.7 Å². The molecule has 0 fully saturated rings. The van der Waals surface area contributed by atoms with E-state index in [1.165, 1.54) is 0 Å². The maximum absolute atomic E-state index is 4.59. The van der Waals surface area contributed by atoms with Crippen molar-refractivity contribution in [1.82, 2.24) is 29.9 Å². The smallest absolute Gasteiger partial charge is 0.255 e. The summed E-state index contributed by atoms with van der Waals surface area (Å²) in [5.74, 6) is 0. The van der Waals surface area contributed by atoms with Crippen LogP contribution in [0.4, 0.5) is 0 Å². The van der Waals surface area contributed by atoms with Crippen LogP contribution in [0.1, 0.15) is 0 Å². The number of aromatic nitrogens is 6. The minimum absolute atomic E-state index is 0. The second-order valence-corrected chi connectivity index (χ2v) is 7.68. The molecule has 174 valence electrons. The summed E-state index contributed by atoms with van der Waals surface area (Å²) >= 11 is 0. The molecule has 37 heavy (non-hydrogen) atoms. The van der Waals surface area contributed by atoms with Crippen LogP contribution in [0.15, 0.2) is 134 Å². The first-order valence-corrected chi connectivity index (χ1v) is 11.5. The van der Waals surface area contributed by atoms with Crippen molar-refractivity contribution < 1.29 is 21.7 Å². The van der Waals surface area contributed by atoms with E-state index in [4.69, 9.17) is 0 Å². The second kappa shape index (κ2) is 13.1. The van der Waals surface area contributed by atoms with Crippen molar-refractivity contribution >= 4 is 0 Å². The molecule has 6 nitrogen and oxygen atoms in total. The molecule has 6 heterocycles. The molecule has 0 radical (unpaired) electrons. The van der Waals surface area contributed by atoms with E-state index in [1.807, 2.05) is 109 Å². The summed E-state index contributed by atoms with van der Waals surface area (Å²) in [6.07, 6.45) is 7.07.